The molecule has 2 aromatic carbocycles. The minimum Gasteiger partial charge on any atom is -0.481 e. The molecule has 0 bridgehead atoms. The molecule has 0 aromatic heterocycles. The van der Waals surface area contributed by atoms with Crippen molar-refractivity contribution in [3.8, 4) is 0 Å². The summed E-state index contributed by atoms with van der Waals surface area (Å²) in [4.78, 5) is 25.6. The van der Waals surface area contributed by atoms with Gasteiger partial charge >= 0.3 is 12.1 Å². The van der Waals surface area contributed by atoms with E-state index >= 15 is 0 Å². The third-order valence-electron chi connectivity index (χ3n) is 5.52. The van der Waals surface area contributed by atoms with Crippen LogP contribution in [0, 0.1) is 5.92 Å². The first-order valence-corrected chi connectivity index (χ1v) is 12.2. The molecule has 1 aliphatic heterocycles. The lowest BCUT2D eigenvalue weighted by atomic mass is 10.00. The number of rotatable bonds is 8. The van der Waals surface area contributed by atoms with Gasteiger partial charge in [-0.05, 0) is 73.0 Å². The molecule has 34 heavy (non-hydrogen) atoms. The smallest absolute Gasteiger partial charge is 0.373 e. The predicted octanol–water partition coefficient (Wildman–Crippen LogP) is 5.52. The lowest BCUT2D eigenvalue weighted by Crippen LogP contribution is -2.16. The Balaban J connectivity index is 0.000000629. The molecule has 0 spiro atoms. The molecule has 186 valence electrons. The monoisotopic (exact) mass is 488 g/mol. The second-order valence-corrected chi connectivity index (χ2v) is 9.00. The number of aryl methyl sites for hydroxylation is 1. The van der Waals surface area contributed by atoms with Crippen molar-refractivity contribution in [2.45, 2.75) is 65.8 Å². The molecule has 0 radical (unpaired) electrons. The Hall–Kier alpha value is -2.66. The molecule has 3 N–H and O–H groups in total. The fourth-order valence-corrected chi connectivity index (χ4v) is 3.91. The maximum Gasteiger partial charge on any atom is 0.373 e. The number of hydrogen-bond donors (Lipinski definition) is 3. The molecular weight excluding hydrogens is 452 g/mol. The first kappa shape index (κ1) is 29.4. The minimum atomic E-state index is -0.745. The van der Waals surface area contributed by atoms with E-state index in [1.165, 1.54) is 41.5 Å². The molecule has 6 nitrogen and oxygen atoms in total. The Bertz CT molecular complexity index is 908. The van der Waals surface area contributed by atoms with Crippen LogP contribution >= 0.6 is 11.6 Å². The Kier molecular flexibility index (Phi) is 14.6. The molecule has 0 unspecified atom stereocenters. The lowest BCUT2D eigenvalue weighted by molar-refractivity contribution is -0.191. The van der Waals surface area contributed by atoms with E-state index in [1.54, 1.807) is 6.92 Å². The molecule has 0 fully saturated rings. The van der Waals surface area contributed by atoms with Crippen LogP contribution in [0.2, 0.25) is 5.02 Å². The number of hydrogen-bond acceptors (Lipinski definition) is 5. The van der Waals surface area contributed by atoms with E-state index in [4.69, 9.17) is 26.3 Å². The van der Waals surface area contributed by atoms with Crippen molar-refractivity contribution in [3.05, 3.63) is 63.7 Å². The average Bonchev–Trinajstić information content (AvgIpc) is 3.06. The molecule has 2 aromatic rings. The number of carboxylic acids is 1. The van der Waals surface area contributed by atoms with Crippen LogP contribution in [0.15, 0.2) is 36.4 Å². The van der Waals surface area contributed by atoms with Crippen molar-refractivity contribution in [1.82, 2.24) is 5.32 Å². The molecule has 7 heteroatoms. The van der Waals surface area contributed by atoms with Gasteiger partial charge in [-0.2, -0.15) is 9.59 Å². The van der Waals surface area contributed by atoms with Crippen molar-refractivity contribution in [3.63, 3.8) is 0 Å². The summed E-state index contributed by atoms with van der Waals surface area (Å²) in [6.07, 6.45) is 6.33. The second kappa shape index (κ2) is 16.9. The number of anilines is 1. The molecular formula is C27H37ClN2O4. The van der Waals surface area contributed by atoms with Gasteiger partial charge in [0, 0.05) is 13.0 Å². The van der Waals surface area contributed by atoms with Crippen LogP contribution in [-0.4, -0.2) is 30.3 Å². The van der Waals surface area contributed by atoms with Crippen molar-refractivity contribution in [1.29, 1.82) is 0 Å². The predicted molar refractivity (Wildman–Crippen MR) is 136 cm³/mol. The van der Waals surface area contributed by atoms with Gasteiger partial charge in [0.05, 0.1) is 10.7 Å². The van der Waals surface area contributed by atoms with E-state index in [0.29, 0.717) is 0 Å². The largest absolute Gasteiger partial charge is 0.481 e. The van der Waals surface area contributed by atoms with Crippen molar-refractivity contribution < 1.29 is 19.5 Å². The Morgan fingerprint density at radius 3 is 2.26 bits per heavy atom. The highest BCUT2D eigenvalue weighted by molar-refractivity contribution is 6.33. The standard InChI is InChI=1S/C23H31ClN2.C3H6O2.CO2/c1-17(2)4-3-5-18-6-8-19(9-7-18)16-26-23-21-13-15-25-14-12-20(21)10-11-22(23)24;1-2-3(4)5;2-1-3/h6-11,17,25-26H,3-5,12-16H2,1-2H3;2H2,1H3,(H,4,5);. The van der Waals surface area contributed by atoms with Gasteiger partial charge in [0.1, 0.15) is 0 Å². The molecule has 0 saturated carbocycles. The fraction of sp³-hybridized carbons (Fsp3) is 0.481. The highest BCUT2D eigenvalue weighted by Gasteiger charge is 2.14. The second-order valence-electron chi connectivity index (χ2n) is 8.60. The van der Waals surface area contributed by atoms with Crippen LogP contribution in [0.4, 0.5) is 5.69 Å². The van der Waals surface area contributed by atoms with Gasteiger partial charge in [-0.1, -0.05) is 69.1 Å². The molecule has 1 aliphatic rings. The van der Waals surface area contributed by atoms with E-state index < -0.39 is 5.97 Å². The summed E-state index contributed by atoms with van der Waals surface area (Å²) in [6, 6.07) is 13.2. The Morgan fingerprint density at radius 2 is 1.68 bits per heavy atom. The normalized spacial score (nSPS) is 12.1. The van der Waals surface area contributed by atoms with Crippen molar-refractivity contribution in [2.75, 3.05) is 18.4 Å². The van der Waals surface area contributed by atoms with Gasteiger partial charge in [-0.15, -0.1) is 0 Å². The zero-order valence-corrected chi connectivity index (χ0v) is 21.2. The number of fused-ring (bicyclic) bond motifs is 1. The zero-order valence-electron chi connectivity index (χ0n) is 20.5. The number of carbonyl (C=O) groups is 1. The Morgan fingerprint density at radius 1 is 1.09 bits per heavy atom. The highest BCUT2D eigenvalue weighted by atomic mass is 35.5. The number of aliphatic carboxylic acids is 1. The maximum absolute atomic E-state index is 9.37. The van der Waals surface area contributed by atoms with Gasteiger partial charge < -0.3 is 15.7 Å². The summed E-state index contributed by atoms with van der Waals surface area (Å²) < 4.78 is 0. The highest BCUT2D eigenvalue weighted by Crippen LogP contribution is 2.31. The van der Waals surface area contributed by atoms with Gasteiger partial charge in [-0.3, -0.25) is 4.79 Å². The average molecular weight is 489 g/mol. The third-order valence-corrected chi connectivity index (χ3v) is 5.84. The van der Waals surface area contributed by atoms with E-state index in [9.17, 15) is 4.79 Å². The number of carboxylic acid groups (broad SMARTS) is 1. The quantitative estimate of drug-likeness (QED) is 0.453. The molecule has 1 heterocycles. The molecule has 0 amide bonds. The van der Waals surface area contributed by atoms with E-state index in [2.05, 4.69) is 54.8 Å². The lowest BCUT2D eigenvalue weighted by Gasteiger charge is -2.16. The van der Waals surface area contributed by atoms with Gasteiger partial charge in [0.25, 0.3) is 0 Å². The van der Waals surface area contributed by atoms with Crippen LogP contribution in [0.3, 0.4) is 0 Å². The van der Waals surface area contributed by atoms with E-state index in [0.717, 1.165) is 49.1 Å². The minimum absolute atomic E-state index is 0.222. The van der Waals surface area contributed by atoms with Gasteiger partial charge in [-0.25, -0.2) is 0 Å². The number of benzene rings is 2. The van der Waals surface area contributed by atoms with Crippen LogP contribution < -0.4 is 10.6 Å². The number of carbonyl (C=O) groups excluding carboxylic acids is 2. The molecule has 3 rings (SSSR count). The van der Waals surface area contributed by atoms with Crippen molar-refractivity contribution >= 4 is 29.4 Å². The Labute approximate surface area is 208 Å². The third kappa shape index (κ3) is 11.5. The maximum atomic E-state index is 9.37. The van der Waals surface area contributed by atoms with E-state index in [-0.39, 0.29) is 12.6 Å². The first-order chi connectivity index (χ1) is 16.3. The van der Waals surface area contributed by atoms with Gasteiger partial charge in [0.2, 0.25) is 0 Å². The summed E-state index contributed by atoms with van der Waals surface area (Å²) in [5.41, 5.74) is 6.66. The summed E-state index contributed by atoms with van der Waals surface area (Å²) in [5, 5.41) is 15.6. The summed E-state index contributed by atoms with van der Waals surface area (Å²) >= 11 is 6.51. The topological polar surface area (TPSA) is 95.5 Å². The van der Waals surface area contributed by atoms with Crippen LogP contribution in [0.5, 0.6) is 0 Å². The zero-order chi connectivity index (χ0) is 25.3. The van der Waals surface area contributed by atoms with E-state index in [1.807, 2.05) is 6.07 Å². The number of halogens is 1. The van der Waals surface area contributed by atoms with Crippen molar-refractivity contribution in [2.24, 2.45) is 5.92 Å². The molecule has 0 aliphatic carbocycles. The summed E-state index contributed by atoms with van der Waals surface area (Å²) in [6.45, 7) is 9.07. The molecule has 0 saturated heterocycles. The SMILES string of the molecule is CC(C)CCCc1ccc(CNc2c(Cl)ccc3c2CCNCC3)cc1.CCC(=O)O.O=C=O. The van der Waals surface area contributed by atoms with Gasteiger partial charge in [0.15, 0.2) is 0 Å². The van der Waals surface area contributed by atoms with Crippen LogP contribution in [0.25, 0.3) is 0 Å². The summed E-state index contributed by atoms with van der Waals surface area (Å²) in [5.74, 6) is 0.0458. The number of nitrogens with one attached hydrogen (secondary N) is 2. The van der Waals surface area contributed by atoms with Crippen LogP contribution in [0.1, 0.15) is 62.3 Å². The van der Waals surface area contributed by atoms with Crippen LogP contribution in [-0.2, 0) is 40.2 Å². The first-order valence-electron chi connectivity index (χ1n) is 11.9. The molecule has 0 atom stereocenters. The summed E-state index contributed by atoms with van der Waals surface area (Å²) in [7, 11) is 0. The fourth-order valence-electron chi connectivity index (χ4n) is 3.66.